The molecule has 3 N–H and O–H groups in total. The first kappa shape index (κ1) is 30.9. The highest BCUT2D eigenvalue weighted by Crippen LogP contribution is 2.32. The number of benzene rings is 5. The van der Waals surface area contributed by atoms with E-state index in [1.807, 2.05) is 84.9 Å². The highest BCUT2D eigenvalue weighted by Gasteiger charge is 2.21. The number of anilines is 3. The molecule has 0 heterocycles. The van der Waals surface area contributed by atoms with Crippen LogP contribution in [0.25, 0.3) is 0 Å². The number of aryl methyl sites for hydroxylation is 1. The highest BCUT2D eigenvalue weighted by molar-refractivity contribution is 6.02. The lowest BCUT2D eigenvalue weighted by molar-refractivity contribution is 0.0948. The number of carbonyl (C=O) groups is 2. The molecule has 0 aliphatic heterocycles. The van der Waals surface area contributed by atoms with Crippen LogP contribution in [0.4, 0.5) is 21.9 Å². The van der Waals surface area contributed by atoms with Gasteiger partial charge in [0.15, 0.2) is 0 Å². The Morgan fingerprint density at radius 2 is 1.33 bits per heavy atom. The predicted molar refractivity (Wildman–Crippen MR) is 182 cm³/mol. The number of amides is 3. The smallest absolute Gasteiger partial charge is 0.323 e. The average molecular weight is 599 g/mol. The molecule has 7 nitrogen and oxygen atoms in total. The normalized spacial score (nSPS) is 10.6. The van der Waals surface area contributed by atoms with Gasteiger partial charge in [0.05, 0.1) is 5.56 Å². The Bertz CT molecular complexity index is 1660. The molecule has 0 fully saturated rings. The Hall–Kier alpha value is -5.56. The lowest BCUT2D eigenvalue weighted by Crippen LogP contribution is -2.35. The Labute approximate surface area is 264 Å². The molecule has 3 amide bonds. The maximum absolute atomic E-state index is 13.8. The Kier molecular flexibility index (Phi) is 10.5. The van der Waals surface area contributed by atoms with Crippen molar-refractivity contribution in [2.75, 3.05) is 35.2 Å². The standard InChI is InChI=1S/C38H38N4O3/c1-3-42(33-21-13-14-28(2)26-33)25-24-39-37(43)34-27-32(41-38(44)40-31-19-11-6-12-20-31)22-23-35(34)45-36(29-15-7-4-8-16-29)30-17-9-5-10-18-30/h4-23,26-27,36H,3,24-25H2,1-2H3,(H,39,43)(H2,40,41,44). The van der Waals surface area contributed by atoms with Crippen LogP contribution >= 0.6 is 0 Å². The summed E-state index contributed by atoms with van der Waals surface area (Å²) < 4.78 is 6.63. The summed E-state index contributed by atoms with van der Waals surface area (Å²) in [5, 5.41) is 8.73. The third-order valence-electron chi connectivity index (χ3n) is 7.38. The SMILES string of the molecule is CCN(CCNC(=O)c1cc(NC(=O)Nc2ccccc2)ccc1OC(c1ccccc1)c1ccccc1)c1cccc(C)c1. The van der Waals surface area contributed by atoms with Gasteiger partial charge in [0.25, 0.3) is 5.91 Å². The van der Waals surface area contributed by atoms with Crippen molar-refractivity contribution in [2.24, 2.45) is 0 Å². The van der Waals surface area contributed by atoms with Crippen molar-refractivity contribution in [3.63, 3.8) is 0 Å². The maximum Gasteiger partial charge on any atom is 0.323 e. The molecule has 0 atom stereocenters. The van der Waals surface area contributed by atoms with Crippen LogP contribution in [0.15, 0.2) is 133 Å². The van der Waals surface area contributed by atoms with Crippen LogP contribution in [-0.2, 0) is 0 Å². The van der Waals surface area contributed by atoms with E-state index >= 15 is 0 Å². The van der Waals surface area contributed by atoms with Gasteiger partial charge in [-0.3, -0.25) is 4.79 Å². The predicted octanol–water partition coefficient (Wildman–Crippen LogP) is 8.06. The van der Waals surface area contributed by atoms with Crippen LogP contribution in [-0.4, -0.2) is 31.6 Å². The van der Waals surface area contributed by atoms with Crippen LogP contribution in [0, 0.1) is 6.92 Å². The van der Waals surface area contributed by atoms with E-state index in [0.29, 0.717) is 35.8 Å². The zero-order valence-electron chi connectivity index (χ0n) is 25.6. The molecule has 0 aromatic heterocycles. The number of hydrogen-bond acceptors (Lipinski definition) is 4. The molecular formula is C38H38N4O3. The van der Waals surface area contributed by atoms with E-state index in [1.54, 1.807) is 30.3 Å². The number of carbonyl (C=O) groups excluding carboxylic acids is 2. The molecule has 0 saturated carbocycles. The maximum atomic E-state index is 13.8. The van der Waals surface area contributed by atoms with Crippen molar-refractivity contribution < 1.29 is 14.3 Å². The van der Waals surface area contributed by atoms with Crippen molar-refractivity contribution in [3.05, 3.63) is 156 Å². The molecule has 5 aromatic rings. The third kappa shape index (κ3) is 8.51. The van der Waals surface area contributed by atoms with Crippen LogP contribution in [0.3, 0.4) is 0 Å². The molecule has 7 heteroatoms. The molecule has 228 valence electrons. The Balaban J connectivity index is 1.39. The molecule has 0 saturated heterocycles. The molecule has 0 bridgehead atoms. The van der Waals surface area contributed by atoms with E-state index in [4.69, 9.17) is 4.74 Å². The van der Waals surface area contributed by atoms with Crippen molar-refractivity contribution in [1.82, 2.24) is 5.32 Å². The zero-order chi connectivity index (χ0) is 31.4. The molecule has 0 aliphatic rings. The molecule has 0 radical (unpaired) electrons. The van der Waals surface area contributed by atoms with Gasteiger partial charge in [-0.15, -0.1) is 0 Å². The number of nitrogens with zero attached hydrogens (tertiary/aromatic N) is 1. The molecule has 0 spiro atoms. The van der Waals surface area contributed by atoms with Crippen molar-refractivity contribution >= 4 is 29.0 Å². The van der Waals surface area contributed by atoms with E-state index in [-0.39, 0.29) is 5.91 Å². The molecule has 0 aliphatic carbocycles. The summed E-state index contributed by atoms with van der Waals surface area (Å²) in [6.45, 7) is 6.03. The minimum atomic E-state index is -0.448. The van der Waals surface area contributed by atoms with Gasteiger partial charge in [-0.25, -0.2) is 4.79 Å². The topological polar surface area (TPSA) is 82.7 Å². The lowest BCUT2D eigenvalue weighted by atomic mass is 10.0. The number of urea groups is 1. The fraction of sp³-hybridized carbons (Fsp3) is 0.158. The first-order valence-electron chi connectivity index (χ1n) is 15.1. The minimum Gasteiger partial charge on any atom is -0.480 e. The second-order valence-corrected chi connectivity index (χ2v) is 10.6. The number of ether oxygens (including phenoxy) is 1. The number of para-hydroxylation sites is 1. The summed E-state index contributed by atoms with van der Waals surface area (Å²) in [5.41, 5.74) is 5.65. The van der Waals surface area contributed by atoms with Gasteiger partial charge in [-0.2, -0.15) is 0 Å². The summed E-state index contributed by atoms with van der Waals surface area (Å²) in [6, 6.07) is 42.0. The monoisotopic (exact) mass is 598 g/mol. The van der Waals surface area contributed by atoms with Crippen molar-refractivity contribution in [2.45, 2.75) is 20.0 Å². The zero-order valence-corrected chi connectivity index (χ0v) is 25.6. The summed E-state index contributed by atoms with van der Waals surface area (Å²) in [7, 11) is 0. The first-order chi connectivity index (χ1) is 22.0. The van der Waals surface area contributed by atoms with Gasteiger partial charge in [0.2, 0.25) is 0 Å². The van der Waals surface area contributed by atoms with Gasteiger partial charge >= 0.3 is 6.03 Å². The Morgan fingerprint density at radius 1 is 0.711 bits per heavy atom. The third-order valence-corrected chi connectivity index (χ3v) is 7.38. The minimum absolute atomic E-state index is 0.294. The van der Waals surface area contributed by atoms with Crippen molar-refractivity contribution in [3.8, 4) is 5.75 Å². The molecular weight excluding hydrogens is 560 g/mol. The summed E-state index contributed by atoms with van der Waals surface area (Å²) in [5.74, 6) is 0.113. The average Bonchev–Trinajstić information content (AvgIpc) is 3.07. The number of nitrogens with one attached hydrogen (secondary N) is 3. The van der Waals surface area contributed by atoms with E-state index in [2.05, 4.69) is 52.9 Å². The van der Waals surface area contributed by atoms with Crippen LogP contribution in [0.2, 0.25) is 0 Å². The summed E-state index contributed by atoms with van der Waals surface area (Å²) in [6.07, 6.45) is -0.448. The van der Waals surface area contributed by atoms with Crippen molar-refractivity contribution in [1.29, 1.82) is 0 Å². The molecule has 45 heavy (non-hydrogen) atoms. The van der Waals surface area contributed by atoms with Crippen LogP contribution in [0.5, 0.6) is 5.75 Å². The van der Waals surface area contributed by atoms with E-state index in [0.717, 1.165) is 23.4 Å². The van der Waals surface area contributed by atoms with Gasteiger partial charge in [0, 0.05) is 36.7 Å². The fourth-order valence-corrected chi connectivity index (χ4v) is 5.11. The quantitative estimate of drug-likeness (QED) is 0.136. The fourth-order valence-electron chi connectivity index (χ4n) is 5.11. The van der Waals surface area contributed by atoms with Crippen LogP contribution < -0.4 is 25.6 Å². The molecule has 5 rings (SSSR count). The summed E-state index contributed by atoms with van der Waals surface area (Å²) >= 11 is 0. The molecule has 5 aromatic carbocycles. The van der Waals surface area contributed by atoms with Gasteiger partial charge in [-0.1, -0.05) is 91.0 Å². The van der Waals surface area contributed by atoms with E-state index in [1.165, 1.54) is 5.56 Å². The van der Waals surface area contributed by atoms with Crippen LogP contribution in [0.1, 0.15) is 40.1 Å². The molecule has 0 unspecified atom stereocenters. The number of rotatable bonds is 12. The lowest BCUT2D eigenvalue weighted by Gasteiger charge is -2.24. The number of hydrogen-bond donors (Lipinski definition) is 3. The largest absolute Gasteiger partial charge is 0.480 e. The van der Waals surface area contributed by atoms with Gasteiger partial charge in [-0.05, 0) is 73.0 Å². The highest BCUT2D eigenvalue weighted by atomic mass is 16.5. The van der Waals surface area contributed by atoms with Gasteiger partial charge in [0.1, 0.15) is 11.9 Å². The second-order valence-electron chi connectivity index (χ2n) is 10.6. The Morgan fingerprint density at radius 3 is 1.96 bits per heavy atom. The van der Waals surface area contributed by atoms with Gasteiger partial charge < -0.3 is 25.6 Å². The van der Waals surface area contributed by atoms with E-state index in [9.17, 15) is 9.59 Å². The number of likely N-dealkylation sites (N-methyl/N-ethyl adjacent to an activating group) is 1. The summed E-state index contributed by atoms with van der Waals surface area (Å²) in [4.78, 5) is 28.8. The first-order valence-corrected chi connectivity index (χ1v) is 15.1. The van der Waals surface area contributed by atoms with E-state index < -0.39 is 12.1 Å². The second kappa shape index (κ2) is 15.3.